The molecular formula is C24H23N3O2S. The highest BCUT2D eigenvalue weighted by molar-refractivity contribution is 7.14. The molecule has 2 aromatic carbocycles. The molecule has 1 aromatic heterocycles. The fourth-order valence-electron chi connectivity index (χ4n) is 3.89. The van der Waals surface area contributed by atoms with Gasteiger partial charge in [-0.05, 0) is 48.9 Å². The molecule has 0 unspecified atom stereocenters. The Bertz CT molecular complexity index is 1090. The summed E-state index contributed by atoms with van der Waals surface area (Å²) < 4.78 is 0. The summed E-state index contributed by atoms with van der Waals surface area (Å²) in [7, 11) is 0. The average molecular weight is 418 g/mol. The van der Waals surface area contributed by atoms with Gasteiger partial charge in [-0.2, -0.15) is 0 Å². The molecule has 1 aliphatic heterocycles. The van der Waals surface area contributed by atoms with Crippen LogP contribution in [0, 0.1) is 5.92 Å². The molecule has 2 aliphatic rings. The Labute approximate surface area is 179 Å². The molecule has 0 bridgehead atoms. The first-order valence-electron chi connectivity index (χ1n) is 10.4. The highest BCUT2D eigenvalue weighted by Gasteiger charge is 2.36. The van der Waals surface area contributed by atoms with Gasteiger partial charge in [0.25, 0.3) is 0 Å². The molecule has 5 rings (SSSR count). The second kappa shape index (κ2) is 8.03. The molecule has 6 heteroatoms. The molecule has 152 valence electrons. The normalized spacial score (nSPS) is 15.1. The van der Waals surface area contributed by atoms with E-state index >= 15 is 0 Å². The summed E-state index contributed by atoms with van der Waals surface area (Å²) in [5.74, 6) is 0.487. The van der Waals surface area contributed by atoms with E-state index < -0.39 is 0 Å². The minimum Gasteiger partial charge on any atom is -0.312 e. The summed E-state index contributed by atoms with van der Waals surface area (Å²) in [6, 6.07) is 16.2. The van der Waals surface area contributed by atoms with Crippen LogP contribution < -0.4 is 10.2 Å². The third-order valence-electron chi connectivity index (χ3n) is 5.70. The number of hydrogen-bond acceptors (Lipinski definition) is 4. The maximum atomic E-state index is 12.5. The Morgan fingerprint density at radius 3 is 2.77 bits per heavy atom. The van der Waals surface area contributed by atoms with Crippen molar-refractivity contribution in [2.45, 2.75) is 32.1 Å². The molecule has 0 radical (unpaired) electrons. The standard InChI is InChI=1S/C24H23N3O2S/c28-22(11-6-16-4-2-1-3-5-16)26-24-25-20(15-30-24)18-9-10-21-19(14-18)12-13-27(21)23(29)17-7-8-17/h1-5,9-10,14-15,17H,6-8,11-13H2,(H,25,26,28). The highest BCUT2D eigenvalue weighted by Crippen LogP contribution is 2.38. The molecule has 2 heterocycles. The number of carbonyl (C=O) groups excluding carboxylic acids is 2. The first kappa shape index (κ1) is 19.0. The van der Waals surface area contributed by atoms with Crippen molar-refractivity contribution in [1.82, 2.24) is 4.98 Å². The number of amides is 2. The number of nitrogens with one attached hydrogen (secondary N) is 1. The number of aromatic nitrogens is 1. The van der Waals surface area contributed by atoms with Gasteiger partial charge in [-0.3, -0.25) is 9.59 Å². The number of thiazole rings is 1. The van der Waals surface area contributed by atoms with Crippen LogP contribution in [-0.4, -0.2) is 23.3 Å². The van der Waals surface area contributed by atoms with Crippen molar-refractivity contribution >= 4 is 34.0 Å². The van der Waals surface area contributed by atoms with Gasteiger partial charge in [-0.25, -0.2) is 4.98 Å². The summed E-state index contributed by atoms with van der Waals surface area (Å²) in [4.78, 5) is 31.3. The molecular weight excluding hydrogens is 394 g/mol. The van der Waals surface area contributed by atoms with Crippen molar-refractivity contribution in [1.29, 1.82) is 0 Å². The Balaban J connectivity index is 1.23. The molecule has 30 heavy (non-hydrogen) atoms. The summed E-state index contributed by atoms with van der Waals surface area (Å²) in [5.41, 5.74) is 5.27. The van der Waals surface area contributed by atoms with Crippen molar-refractivity contribution in [3.8, 4) is 11.3 Å². The molecule has 1 aliphatic carbocycles. The second-order valence-corrected chi connectivity index (χ2v) is 8.79. The number of anilines is 2. The lowest BCUT2D eigenvalue weighted by Gasteiger charge is -2.17. The average Bonchev–Trinajstić information content (AvgIpc) is 3.38. The molecule has 1 N–H and O–H groups in total. The summed E-state index contributed by atoms with van der Waals surface area (Å²) >= 11 is 1.44. The van der Waals surface area contributed by atoms with Crippen LogP contribution in [0.1, 0.15) is 30.4 Å². The van der Waals surface area contributed by atoms with Gasteiger partial charge < -0.3 is 10.2 Å². The Morgan fingerprint density at radius 2 is 1.97 bits per heavy atom. The number of rotatable bonds is 6. The molecule has 0 spiro atoms. The van der Waals surface area contributed by atoms with Gasteiger partial charge in [-0.1, -0.05) is 36.4 Å². The van der Waals surface area contributed by atoms with Crippen molar-refractivity contribution < 1.29 is 9.59 Å². The van der Waals surface area contributed by atoms with E-state index in [0.717, 1.165) is 48.3 Å². The summed E-state index contributed by atoms with van der Waals surface area (Å²) in [6.45, 7) is 0.772. The van der Waals surface area contributed by atoms with E-state index in [1.165, 1.54) is 16.9 Å². The number of hydrogen-bond donors (Lipinski definition) is 1. The summed E-state index contributed by atoms with van der Waals surface area (Å²) in [6.07, 6.45) is 4.09. The maximum Gasteiger partial charge on any atom is 0.230 e. The third kappa shape index (κ3) is 4.00. The fourth-order valence-corrected chi connectivity index (χ4v) is 4.62. The van der Waals surface area contributed by atoms with Crippen molar-refractivity contribution in [3.05, 3.63) is 65.0 Å². The SMILES string of the molecule is O=C(CCc1ccccc1)Nc1nc(-c2ccc3c(c2)CCN3C(=O)C2CC2)cs1. The number of aryl methyl sites for hydroxylation is 1. The third-order valence-corrected chi connectivity index (χ3v) is 6.46. The second-order valence-electron chi connectivity index (χ2n) is 7.93. The van der Waals surface area contributed by atoms with E-state index in [0.29, 0.717) is 18.0 Å². The molecule has 3 aromatic rings. The maximum absolute atomic E-state index is 12.5. The van der Waals surface area contributed by atoms with Gasteiger partial charge in [0.15, 0.2) is 5.13 Å². The molecule has 1 fully saturated rings. The van der Waals surface area contributed by atoms with Crippen LogP contribution in [0.5, 0.6) is 0 Å². The van der Waals surface area contributed by atoms with Crippen LogP contribution in [-0.2, 0) is 22.4 Å². The van der Waals surface area contributed by atoms with E-state index in [-0.39, 0.29) is 17.7 Å². The largest absolute Gasteiger partial charge is 0.312 e. The minimum absolute atomic E-state index is 0.0251. The zero-order valence-corrected chi connectivity index (χ0v) is 17.5. The lowest BCUT2D eigenvalue weighted by molar-refractivity contribution is -0.119. The number of fused-ring (bicyclic) bond motifs is 1. The van der Waals surface area contributed by atoms with Gasteiger partial charge in [-0.15, -0.1) is 11.3 Å². The Kier molecular flexibility index (Phi) is 5.09. The van der Waals surface area contributed by atoms with Gasteiger partial charge in [0, 0.05) is 35.5 Å². The van der Waals surface area contributed by atoms with E-state index in [4.69, 9.17) is 0 Å². The van der Waals surface area contributed by atoms with Crippen molar-refractivity contribution in [2.24, 2.45) is 5.92 Å². The van der Waals surface area contributed by atoms with Crippen LogP contribution in [0.3, 0.4) is 0 Å². The lowest BCUT2D eigenvalue weighted by Crippen LogP contribution is -2.30. The molecule has 0 saturated heterocycles. The predicted octanol–water partition coefficient (Wildman–Crippen LogP) is 4.68. The fraction of sp³-hybridized carbons (Fsp3) is 0.292. The highest BCUT2D eigenvalue weighted by atomic mass is 32.1. The van der Waals surface area contributed by atoms with E-state index in [9.17, 15) is 9.59 Å². The minimum atomic E-state index is -0.0251. The number of carbonyl (C=O) groups is 2. The Hall–Kier alpha value is -2.99. The predicted molar refractivity (Wildman–Crippen MR) is 120 cm³/mol. The van der Waals surface area contributed by atoms with E-state index in [1.807, 2.05) is 52.7 Å². The van der Waals surface area contributed by atoms with E-state index in [2.05, 4.69) is 16.4 Å². The van der Waals surface area contributed by atoms with Crippen LogP contribution in [0.4, 0.5) is 10.8 Å². The van der Waals surface area contributed by atoms with Gasteiger partial charge in [0.2, 0.25) is 11.8 Å². The first-order valence-corrected chi connectivity index (χ1v) is 11.3. The monoisotopic (exact) mass is 417 g/mol. The number of benzene rings is 2. The molecule has 5 nitrogen and oxygen atoms in total. The van der Waals surface area contributed by atoms with Crippen LogP contribution in [0.2, 0.25) is 0 Å². The van der Waals surface area contributed by atoms with Gasteiger partial charge >= 0.3 is 0 Å². The van der Waals surface area contributed by atoms with Crippen molar-refractivity contribution in [2.75, 3.05) is 16.8 Å². The van der Waals surface area contributed by atoms with Crippen LogP contribution in [0.25, 0.3) is 11.3 Å². The molecule has 2 amide bonds. The summed E-state index contributed by atoms with van der Waals surface area (Å²) in [5, 5.41) is 5.50. The molecule has 1 saturated carbocycles. The Morgan fingerprint density at radius 1 is 1.13 bits per heavy atom. The lowest BCUT2D eigenvalue weighted by atomic mass is 10.1. The van der Waals surface area contributed by atoms with Crippen LogP contribution in [0.15, 0.2) is 53.9 Å². The van der Waals surface area contributed by atoms with Gasteiger partial charge in [0.05, 0.1) is 5.69 Å². The van der Waals surface area contributed by atoms with Crippen LogP contribution >= 0.6 is 11.3 Å². The molecule has 0 atom stereocenters. The van der Waals surface area contributed by atoms with Gasteiger partial charge in [0.1, 0.15) is 0 Å². The number of nitrogens with zero attached hydrogens (tertiary/aromatic N) is 2. The quantitative estimate of drug-likeness (QED) is 0.633. The van der Waals surface area contributed by atoms with Crippen molar-refractivity contribution in [3.63, 3.8) is 0 Å². The zero-order chi connectivity index (χ0) is 20.5. The zero-order valence-electron chi connectivity index (χ0n) is 16.6. The first-order chi connectivity index (χ1) is 14.7. The topological polar surface area (TPSA) is 62.3 Å². The van der Waals surface area contributed by atoms with E-state index in [1.54, 1.807) is 0 Å². The smallest absolute Gasteiger partial charge is 0.230 e.